The van der Waals surface area contributed by atoms with E-state index >= 15 is 0 Å². The van der Waals surface area contributed by atoms with Gasteiger partial charge in [-0.2, -0.15) is 5.06 Å². The van der Waals surface area contributed by atoms with E-state index in [1.807, 2.05) is 20.8 Å². The highest BCUT2D eigenvalue weighted by atomic mass is 16.5. The molecule has 1 saturated heterocycles. The number of morpholine rings is 1. The van der Waals surface area contributed by atoms with Gasteiger partial charge < -0.3 is 9.94 Å². The molecule has 0 aromatic heterocycles. The summed E-state index contributed by atoms with van der Waals surface area (Å²) in [6.07, 6.45) is 0. The van der Waals surface area contributed by atoms with E-state index in [4.69, 9.17) is 4.74 Å². The molecule has 1 aliphatic heterocycles. The molecule has 3 nitrogen and oxygen atoms in total. The number of ether oxygens (including phenoxy) is 1. The first-order chi connectivity index (χ1) is 4.54. The van der Waals surface area contributed by atoms with Crippen LogP contribution in [-0.2, 0) is 4.74 Å². The van der Waals surface area contributed by atoms with Gasteiger partial charge in [-0.15, -0.1) is 0 Å². The SMILES string of the molecule is CC1COCC(C)(C)N1O. The maximum atomic E-state index is 9.46. The summed E-state index contributed by atoms with van der Waals surface area (Å²) in [6.45, 7) is 7.10. The molecule has 1 heterocycles. The fourth-order valence-electron chi connectivity index (χ4n) is 1.21. The third-order valence-corrected chi connectivity index (χ3v) is 1.85. The van der Waals surface area contributed by atoms with Gasteiger partial charge in [0.1, 0.15) is 0 Å². The minimum absolute atomic E-state index is 0.115. The van der Waals surface area contributed by atoms with E-state index in [1.165, 1.54) is 5.06 Å². The van der Waals surface area contributed by atoms with Crippen LogP contribution in [0.1, 0.15) is 20.8 Å². The Labute approximate surface area is 61.5 Å². The average molecular weight is 145 g/mol. The third-order valence-electron chi connectivity index (χ3n) is 1.85. The summed E-state index contributed by atoms with van der Waals surface area (Å²) in [5.41, 5.74) is -0.225. The van der Waals surface area contributed by atoms with Crippen LogP contribution >= 0.6 is 0 Å². The Kier molecular flexibility index (Phi) is 1.99. The van der Waals surface area contributed by atoms with E-state index in [-0.39, 0.29) is 11.6 Å². The van der Waals surface area contributed by atoms with Crippen molar-refractivity contribution in [3.8, 4) is 0 Å². The van der Waals surface area contributed by atoms with Crippen molar-refractivity contribution < 1.29 is 9.94 Å². The predicted octanol–water partition coefficient (Wildman–Crippen LogP) is 0.875. The van der Waals surface area contributed by atoms with Crippen molar-refractivity contribution in [3.63, 3.8) is 0 Å². The Bertz CT molecular complexity index is 125. The lowest BCUT2D eigenvalue weighted by atomic mass is 10.0. The van der Waals surface area contributed by atoms with Gasteiger partial charge in [-0.3, -0.25) is 0 Å². The monoisotopic (exact) mass is 145 g/mol. The van der Waals surface area contributed by atoms with E-state index in [2.05, 4.69) is 0 Å². The van der Waals surface area contributed by atoms with Crippen molar-refractivity contribution in [2.45, 2.75) is 32.4 Å². The fraction of sp³-hybridized carbons (Fsp3) is 1.00. The van der Waals surface area contributed by atoms with E-state index < -0.39 is 0 Å². The fourth-order valence-corrected chi connectivity index (χ4v) is 1.21. The van der Waals surface area contributed by atoms with Gasteiger partial charge in [0.05, 0.1) is 24.8 Å². The molecule has 0 amide bonds. The maximum absolute atomic E-state index is 9.46. The second-order valence-corrected chi connectivity index (χ2v) is 3.52. The van der Waals surface area contributed by atoms with Gasteiger partial charge in [0.2, 0.25) is 0 Å². The average Bonchev–Trinajstić information content (AvgIpc) is 1.83. The van der Waals surface area contributed by atoms with Gasteiger partial charge >= 0.3 is 0 Å². The standard InChI is InChI=1S/C7H15NO2/c1-6-4-10-5-7(2,3)8(6)9/h6,9H,4-5H2,1-3H3. The van der Waals surface area contributed by atoms with Crippen LogP contribution in [0, 0.1) is 0 Å². The molecule has 60 valence electrons. The van der Waals surface area contributed by atoms with Crippen LogP contribution in [0.25, 0.3) is 0 Å². The summed E-state index contributed by atoms with van der Waals surface area (Å²) in [5, 5.41) is 10.8. The topological polar surface area (TPSA) is 32.7 Å². The lowest BCUT2D eigenvalue weighted by Crippen LogP contribution is -2.55. The minimum atomic E-state index is -0.225. The Balaban J connectivity index is 2.60. The zero-order chi connectivity index (χ0) is 7.78. The van der Waals surface area contributed by atoms with Crippen LogP contribution in [0.15, 0.2) is 0 Å². The third kappa shape index (κ3) is 1.31. The van der Waals surface area contributed by atoms with Gasteiger partial charge in [-0.25, -0.2) is 0 Å². The quantitative estimate of drug-likeness (QED) is 0.549. The van der Waals surface area contributed by atoms with E-state index in [0.29, 0.717) is 13.2 Å². The van der Waals surface area contributed by atoms with Crippen molar-refractivity contribution in [2.24, 2.45) is 0 Å². The second kappa shape index (κ2) is 2.49. The second-order valence-electron chi connectivity index (χ2n) is 3.52. The molecule has 0 aliphatic carbocycles. The van der Waals surface area contributed by atoms with Crippen molar-refractivity contribution in [1.29, 1.82) is 0 Å². The Morgan fingerprint density at radius 2 is 2.20 bits per heavy atom. The minimum Gasteiger partial charge on any atom is -0.378 e. The molecule has 1 N–H and O–H groups in total. The molecule has 10 heavy (non-hydrogen) atoms. The highest BCUT2D eigenvalue weighted by molar-refractivity contribution is 4.82. The van der Waals surface area contributed by atoms with E-state index in [9.17, 15) is 5.21 Å². The zero-order valence-electron chi connectivity index (χ0n) is 6.79. The predicted molar refractivity (Wildman–Crippen MR) is 38.0 cm³/mol. The summed E-state index contributed by atoms with van der Waals surface area (Å²) in [4.78, 5) is 0. The molecule has 0 saturated carbocycles. The van der Waals surface area contributed by atoms with Gasteiger partial charge in [-0.1, -0.05) is 0 Å². The molecule has 1 unspecified atom stereocenters. The molecule has 1 aliphatic rings. The van der Waals surface area contributed by atoms with Crippen molar-refractivity contribution in [1.82, 2.24) is 5.06 Å². The van der Waals surface area contributed by atoms with Crippen LogP contribution in [0.3, 0.4) is 0 Å². The van der Waals surface area contributed by atoms with Crippen molar-refractivity contribution in [3.05, 3.63) is 0 Å². The largest absolute Gasteiger partial charge is 0.378 e. The van der Waals surface area contributed by atoms with Gasteiger partial charge in [-0.05, 0) is 20.8 Å². The van der Waals surface area contributed by atoms with Gasteiger partial charge in [0, 0.05) is 0 Å². The highest BCUT2D eigenvalue weighted by Crippen LogP contribution is 2.20. The van der Waals surface area contributed by atoms with Gasteiger partial charge in [0.15, 0.2) is 0 Å². The molecule has 0 spiro atoms. The summed E-state index contributed by atoms with van der Waals surface area (Å²) >= 11 is 0. The summed E-state index contributed by atoms with van der Waals surface area (Å²) in [7, 11) is 0. The summed E-state index contributed by atoms with van der Waals surface area (Å²) < 4.78 is 5.27. The Morgan fingerprint density at radius 1 is 1.60 bits per heavy atom. The maximum Gasteiger partial charge on any atom is 0.0668 e. The van der Waals surface area contributed by atoms with Crippen LogP contribution < -0.4 is 0 Å². The highest BCUT2D eigenvalue weighted by Gasteiger charge is 2.33. The van der Waals surface area contributed by atoms with Crippen molar-refractivity contribution >= 4 is 0 Å². The van der Waals surface area contributed by atoms with Crippen LogP contribution in [0.2, 0.25) is 0 Å². The molecule has 1 rings (SSSR count). The zero-order valence-corrected chi connectivity index (χ0v) is 6.79. The normalized spacial score (nSPS) is 34.2. The van der Waals surface area contributed by atoms with E-state index in [0.717, 1.165) is 0 Å². The molecule has 1 atom stereocenters. The van der Waals surface area contributed by atoms with Crippen LogP contribution in [0.5, 0.6) is 0 Å². The summed E-state index contributed by atoms with van der Waals surface area (Å²) in [6, 6.07) is 0.115. The molecule has 0 aromatic carbocycles. The van der Waals surface area contributed by atoms with E-state index in [1.54, 1.807) is 0 Å². The first-order valence-corrected chi connectivity index (χ1v) is 3.60. The Hall–Kier alpha value is -0.120. The molecule has 0 aromatic rings. The first kappa shape index (κ1) is 7.98. The molecular weight excluding hydrogens is 130 g/mol. The summed E-state index contributed by atoms with van der Waals surface area (Å²) in [5.74, 6) is 0. The molecule has 3 heteroatoms. The number of rotatable bonds is 0. The smallest absolute Gasteiger partial charge is 0.0668 e. The first-order valence-electron chi connectivity index (χ1n) is 3.60. The number of hydrogen-bond donors (Lipinski definition) is 1. The number of hydroxylamine groups is 2. The Morgan fingerprint density at radius 3 is 2.60 bits per heavy atom. The van der Waals surface area contributed by atoms with Crippen molar-refractivity contribution in [2.75, 3.05) is 13.2 Å². The van der Waals surface area contributed by atoms with Crippen LogP contribution in [-0.4, -0.2) is 35.1 Å². The number of nitrogens with zero attached hydrogens (tertiary/aromatic N) is 1. The lowest BCUT2D eigenvalue weighted by molar-refractivity contribution is -0.243. The van der Waals surface area contributed by atoms with Gasteiger partial charge in [0.25, 0.3) is 0 Å². The molecular formula is C7H15NO2. The van der Waals surface area contributed by atoms with Crippen LogP contribution in [0.4, 0.5) is 0 Å². The lowest BCUT2D eigenvalue weighted by Gasteiger charge is -2.41. The molecule has 0 radical (unpaired) electrons. The number of hydrogen-bond acceptors (Lipinski definition) is 3. The molecule has 1 fully saturated rings. The molecule has 0 bridgehead atoms.